The molecule has 1 aliphatic heterocycles. The van der Waals surface area contributed by atoms with Crippen molar-refractivity contribution in [2.45, 2.75) is 50.7 Å². The number of carbonyl (C=O) groups is 1. The van der Waals surface area contributed by atoms with Gasteiger partial charge in [-0.15, -0.1) is 0 Å². The van der Waals surface area contributed by atoms with Crippen LogP contribution in [-0.4, -0.2) is 23.8 Å². The standard InChI is InChI=1S/C29H27F3O4/c1-16(33)17-2-4-19(5-3-17)23-12-13-25(28(32)27(23)31)36-29(34)20-8-6-18(7-9-20)22-11-10-21(14-24(22)30)26-15-35-26/h6-14,16-17,19,26,33H,2-5,15H2,1H3. The molecule has 188 valence electrons. The Kier molecular flexibility index (Phi) is 6.86. The Morgan fingerprint density at radius 2 is 1.67 bits per heavy atom. The number of aliphatic hydroxyl groups is 1. The van der Waals surface area contributed by atoms with Crippen molar-refractivity contribution in [1.29, 1.82) is 0 Å². The van der Waals surface area contributed by atoms with Crippen LogP contribution in [0.1, 0.15) is 66.1 Å². The lowest BCUT2D eigenvalue weighted by Gasteiger charge is -2.30. The first kappa shape index (κ1) is 24.5. The summed E-state index contributed by atoms with van der Waals surface area (Å²) in [6.45, 7) is 2.34. The molecule has 5 rings (SSSR count). The van der Waals surface area contributed by atoms with E-state index in [-0.39, 0.29) is 29.1 Å². The van der Waals surface area contributed by atoms with E-state index in [9.17, 15) is 23.1 Å². The Bertz CT molecular complexity index is 1260. The van der Waals surface area contributed by atoms with Gasteiger partial charge in [0.25, 0.3) is 0 Å². The predicted octanol–water partition coefficient (Wildman–Crippen LogP) is 6.72. The molecule has 4 nitrogen and oxygen atoms in total. The summed E-state index contributed by atoms with van der Waals surface area (Å²) < 4.78 is 54.5. The van der Waals surface area contributed by atoms with Crippen molar-refractivity contribution in [1.82, 2.24) is 0 Å². The fourth-order valence-electron chi connectivity index (χ4n) is 5.00. The summed E-state index contributed by atoms with van der Waals surface area (Å²) in [4.78, 5) is 12.6. The van der Waals surface area contributed by atoms with E-state index in [1.807, 2.05) is 0 Å². The molecule has 0 radical (unpaired) electrons. The summed E-state index contributed by atoms with van der Waals surface area (Å²) in [7, 11) is 0. The van der Waals surface area contributed by atoms with Crippen LogP contribution in [0.3, 0.4) is 0 Å². The Morgan fingerprint density at radius 1 is 0.972 bits per heavy atom. The highest BCUT2D eigenvalue weighted by atomic mass is 19.2. The van der Waals surface area contributed by atoms with Gasteiger partial charge in [0.2, 0.25) is 5.82 Å². The zero-order valence-electron chi connectivity index (χ0n) is 19.8. The molecule has 1 aliphatic carbocycles. The molecule has 2 atom stereocenters. The predicted molar refractivity (Wildman–Crippen MR) is 128 cm³/mol. The Morgan fingerprint density at radius 3 is 2.28 bits per heavy atom. The number of benzene rings is 3. The van der Waals surface area contributed by atoms with Crippen molar-refractivity contribution in [3.63, 3.8) is 0 Å². The maximum absolute atomic E-state index is 14.9. The van der Waals surface area contributed by atoms with Crippen LogP contribution < -0.4 is 4.74 Å². The number of hydrogen-bond donors (Lipinski definition) is 1. The maximum atomic E-state index is 14.9. The second-order valence-electron chi connectivity index (χ2n) is 9.66. The average Bonchev–Trinajstić information content (AvgIpc) is 3.73. The SMILES string of the molecule is CC(O)C1CCC(c2ccc(OC(=O)c3ccc(-c4ccc(C5CO5)cc4F)cc3)c(F)c2F)CC1. The minimum atomic E-state index is -1.20. The normalized spacial score (nSPS) is 22.2. The Labute approximate surface area is 207 Å². The molecule has 0 aromatic heterocycles. The van der Waals surface area contributed by atoms with Crippen molar-refractivity contribution in [2.24, 2.45) is 5.92 Å². The topological polar surface area (TPSA) is 59.1 Å². The second-order valence-corrected chi connectivity index (χ2v) is 9.66. The summed E-state index contributed by atoms with van der Waals surface area (Å²) >= 11 is 0. The smallest absolute Gasteiger partial charge is 0.343 e. The second kappa shape index (κ2) is 10.1. The fraction of sp³-hybridized carbons (Fsp3) is 0.345. The van der Waals surface area contributed by atoms with Gasteiger partial charge < -0.3 is 14.6 Å². The highest BCUT2D eigenvalue weighted by molar-refractivity contribution is 5.91. The van der Waals surface area contributed by atoms with E-state index in [1.165, 1.54) is 30.3 Å². The van der Waals surface area contributed by atoms with E-state index in [4.69, 9.17) is 9.47 Å². The van der Waals surface area contributed by atoms with Crippen LogP contribution >= 0.6 is 0 Å². The van der Waals surface area contributed by atoms with E-state index in [0.29, 0.717) is 30.6 Å². The summed E-state index contributed by atoms with van der Waals surface area (Å²) in [6, 6.07) is 13.7. The lowest BCUT2D eigenvalue weighted by atomic mass is 9.77. The molecule has 3 aromatic carbocycles. The van der Waals surface area contributed by atoms with Crippen molar-refractivity contribution < 1.29 is 32.5 Å². The molecule has 3 aromatic rings. The number of epoxide rings is 1. The summed E-state index contributed by atoms with van der Waals surface area (Å²) in [5, 5.41) is 9.76. The summed E-state index contributed by atoms with van der Waals surface area (Å²) in [6.07, 6.45) is 2.36. The number of halogens is 3. The van der Waals surface area contributed by atoms with Crippen molar-refractivity contribution in [3.8, 4) is 16.9 Å². The molecule has 2 fully saturated rings. The van der Waals surface area contributed by atoms with Crippen molar-refractivity contribution >= 4 is 5.97 Å². The van der Waals surface area contributed by atoms with E-state index in [1.54, 1.807) is 31.2 Å². The van der Waals surface area contributed by atoms with Gasteiger partial charge in [0.1, 0.15) is 11.9 Å². The molecule has 2 unspecified atom stereocenters. The van der Waals surface area contributed by atoms with E-state index in [2.05, 4.69) is 0 Å². The van der Waals surface area contributed by atoms with Crippen molar-refractivity contribution in [2.75, 3.05) is 6.61 Å². The van der Waals surface area contributed by atoms with Gasteiger partial charge >= 0.3 is 5.97 Å². The Hall–Kier alpha value is -3.16. The third kappa shape index (κ3) is 5.04. The van der Waals surface area contributed by atoms with E-state index >= 15 is 0 Å². The third-order valence-corrected chi connectivity index (χ3v) is 7.30. The number of aliphatic hydroxyl groups excluding tert-OH is 1. The number of hydrogen-bond acceptors (Lipinski definition) is 4. The van der Waals surface area contributed by atoms with Crippen LogP contribution in [0.25, 0.3) is 11.1 Å². The largest absolute Gasteiger partial charge is 0.420 e. The number of ether oxygens (including phenoxy) is 2. The zero-order chi connectivity index (χ0) is 25.4. The first-order chi connectivity index (χ1) is 17.3. The molecular formula is C29H27F3O4. The fourth-order valence-corrected chi connectivity index (χ4v) is 5.00. The van der Waals surface area contributed by atoms with Gasteiger partial charge in [-0.2, -0.15) is 4.39 Å². The van der Waals surface area contributed by atoms with Gasteiger partial charge in [-0.25, -0.2) is 13.6 Å². The molecule has 0 amide bonds. The van der Waals surface area contributed by atoms with Crippen molar-refractivity contribution in [3.05, 3.63) is 88.7 Å². The van der Waals surface area contributed by atoms with Crippen LogP contribution in [0, 0.1) is 23.4 Å². The minimum absolute atomic E-state index is 0.0462. The van der Waals surface area contributed by atoms with Gasteiger partial charge in [0, 0.05) is 5.56 Å². The van der Waals surface area contributed by atoms with Gasteiger partial charge in [-0.05, 0) is 85.4 Å². The van der Waals surface area contributed by atoms with Crippen LogP contribution in [0.5, 0.6) is 5.75 Å². The number of carbonyl (C=O) groups excluding carboxylic acids is 1. The molecule has 1 saturated carbocycles. The first-order valence-corrected chi connectivity index (χ1v) is 12.2. The summed E-state index contributed by atoms with van der Waals surface area (Å²) in [5.41, 5.74) is 2.12. The lowest BCUT2D eigenvalue weighted by molar-refractivity contribution is 0.0726. The lowest BCUT2D eigenvalue weighted by Crippen LogP contribution is -2.23. The van der Waals surface area contributed by atoms with Crippen LogP contribution in [-0.2, 0) is 4.74 Å². The van der Waals surface area contributed by atoms with Gasteiger partial charge in [-0.1, -0.05) is 30.3 Å². The highest BCUT2D eigenvalue weighted by Crippen LogP contribution is 2.40. The number of esters is 1. The van der Waals surface area contributed by atoms with E-state index < -0.39 is 35.3 Å². The first-order valence-electron chi connectivity index (χ1n) is 12.2. The zero-order valence-corrected chi connectivity index (χ0v) is 19.8. The molecule has 36 heavy (non-hydrogen) atoms. The molecule has 7 heteroatoms. The van der Waals surface area contributed by atoms with Crippen LogP contribution in [0.2, 0.25) is 0 Å². The third-order valence-electron chi connectivity index (χ3n) is 7.30. The average molecular weight is 497 g/mol. The van der Waals surface area contributed by atoms with Crippen LogP contribution in [0.15, 0.2) is 54.6 Å². The molecular weight excluding hydrogens is 469 g/mol. The highest BCUT2D eigenvalue weighted by Gasteiger charge is 2.29. The summed E-state index contributed by atoms with van der Waals surface area (Å²) in [5.74, 6) is -3.88. The van der Waals surface area contributed by atoms with E-state index in [0.717, 1.165) is 18.4 Å². The molecule has 1 heterocycles. The van der Waals surface area contributed by atoms with Gasteiger partial charge in [0.05, 0.1) is 18.3 Å². The maximum Gasteiger partial charge on any atom is 0.343 e. The molecule has 0 bridgehead atoms. The van der Waals surface area contributed by atoms with Gasteiger partial charge in [0.15, 0.2) is 11.6 Å². The molecule has 1 N–H and O–H groups in total. The van der Waals surface area contributed by atoms with Crippen LogP contribution in [0.4, 0.5) is 13.2 Å². The molecule has 2 aliphatic rings. The monoisotopic (exact) mass is 496 g/mol. The quantitative estimate of drug-likeness (QED) is 0.234. The Balaban J connectivity index is 1.27. The van der Waals surface area contributed by atoms with Gasteiger partial charge in [-0.3, -0.25) is 0 Å². The molecule has 1 saturated heterocycles. The molecule has 0 spiro atoms. The number of rotatable bonds is 6. The minimum Gasteiger partial charge on any atom is -0.420 e.